The molecule has 4 nitrogen and oxygen atoms in total. The van der Waals surface area contributed by atoms with Gasteiger partial charge in [-0.15, -0.1) is 0 Å². The van der Waals surface area contributed by atoms with Crippen LogP contribution in [0.2, 0.25) is 0 Å². The number of carbonyl (C=O) groups is 2. The molecule has 0 aromatic heterocycles. The summed E-state index contributed by atoms with van der Waals surface area (Å²) in [5.41, 5.74) is 4.83. The highest BCUT2D eigenvalue weighted by Gasteiger charge is 2.02. The lowest BCUT2D eigenvalue weighted by Crippen LogP contribution is -2.03. The molecule has 0 aliphatic rings. The fourth-order valence-corrected chi connectivity index (χ4v) is 1.53. The van der Waals surface area contributed by atoms with Crippen molar-refractivity contribution < 1.29 is 14.7 Å². The van der Waals surface area contributed by atoms with Crippen LogP contribution < -0.4 is 5.73 Å². The number of hydrogen-bond donors (Lipinski definition) is 2. The molecule has 88 valence electrons. The lowest BCUT2D eigenvalue weighted by molar-refractivity contribution is 0.101. The van der Waals surface area contributed by atoms with Crippen molar-refractivity contribution in [1.82, 2.24) is 0 Å². The van der Waals surface area contributed by atoms with E-state index in [0.717, 1.165) is 16.3 Å². The summed E-state index contributed by atoms with van der Waals surface area (Å²) in [5.74, 6) is 0.122. The van der Waals surface area contributed by atoms with Crippen molar-refractivity contribution >= 4 is 22.6 Å². The first-order valence-electron chi connectivity index (χ1n) is 4.99. The van der Waals surface area contributed by atoms with E-state index in [4.69, 9.17) is 9.90 Å². The van der Waals surface area contributed by atoms with E-state index in [1.165, 1.54) is 0 Å². The van der Waals surface area contributed by atoms with Crippen LogP contribution in [-0.2, 0) is 0 Å². The van der Waals surface area contributed by atoms with Crippen LogP contribution >= 0.6 is 0 Å². The maximum Gasteiger partial charge on any atom is 0.402 e. The molecule has 2 rings (SSSR count). The van der Waals surface area contributed by atoms with Gasteiger partial charge in [-0.05, 0) is 17.7 Å². The molecule has 0 heterocycles. The highest BCUT2D eigenvalue weighted by atomic mass is 16.4. The molecule has 0 radical (unpaired) electrons. The smallest absolute Gasteiger partial charge is 0.402 e. The van der Waals surface area contributed by atoms with Crippen LogP contribution in [-0.4, -0.2) is 17.0 Å². The number of amides is 1. The van der Waals surface area contributed by atoms with Crippen molar-refractivity contribution in [2.24, 2.45) is 5.73 Å². The Balaban J connectivity index is 0.000000317. The number of Topliss-reactive ketones (excluding diaryl/α,β-unsaturated/α-hetero) is 1. The first-order valence-corrected chi connectivity index (χ1v) is 4.99. The summed E-state index contributed by atoms with van der Waals surface area (Å²) in [4.78, 5) is 20.0. The monoisotopic (exact) mass is 231 g/mol. The molecular weight excluding hydrogens is 218 g/mol. The Hall–Kier alpha value is -2.36. The topological polar surface area (TPSA) is 80.4 Å². The Morgan fingerprint density at radius 3 is 2.18 bits per heavy atom. The Bertz CT molecular complexity index is 540. The zero-order chi connectivity index (χ0) is 12.8. The molecule has 0 aliphatic heterocycles. The second kappa shape index (κ2) is 5.65. The number of fused-ring (bicyclic) bond motifs is 1. The maximum atomic E-state index is 11.3. The van der Waals surface area contributed by atoms with Gasteiger partial charge in [0, 0.05) is 5.56 Å². The summed E-state index contributed by atoms with van der Waals surface area (Å²) in [6.07, 6.45) is -1.33. The second-order valence-electron chi connectivity index (χ2n) is 3.42. The third-order valence-electron chi connectivity index (χ3n) is 2.17. The van der Waals surface area contributed by atoms with Gasteiger partial charge in [0.1, 0.15) is 0 Å². The average Bonchev–Trinajstić information content (AvgIpc) is 2.27. The standard InChI is InChI=1S/C12H10O.CH3NO2/c1-9(13)11-8-4-6-10-5-2-3-7-12(10)11;2-1(3)4/h2-8H,1H3;2H2,(H,3,4). The SMILES string of the molecule is CC(=O)c1cccc2ccccc12.NC(=O)O. The third-order valence-corrected chi connectivity index (χ3v) is 2.17. The predicted molar refractivity (Wildman–Crippen MR) is 66.2 cm³/mol. The molecule has 0 fully saturated rings. The minimum absolute atomic E-state index is 0.122. The van der Waals surface area contributed by atoms with Crippen molar-refractivity contribution in [1.29, 1.82) is 0 Å². The van der Waals surface area contributed by atoms with Crippen molar-refractivity contribution in [3.63, 3.8) is 0 Å². The quantitative estimate of drug-likeness (QED) is 0.740. The van der Waals surface area contributed by atoms with Gasteiger partial charge in [0.25, 0.3) is 0 Å². The average molecular weight is 231 g/mol. The van der Waals surface area contributed by atoms with E-state index >= 15 is 0 Å². The number of carboxylic acid groups (broad SMARTS) is 1. The molecule has 0 saturated heterocycles. The van der Waals surface area contributed by atoms with Crippen LogP contribution in [0.15, 0.2) is 42.5 Å². The Morgan fingerprint density at radius 1 is 1.06 bits per heavy atom. The van der Waals surface area contributed by atoms with Gasteiger partial charge in [0.2, 0.25) is 0 Å². The Kier molecular flexibility index (Phi) is 4.22. The number of ketones is 1. The summed E-state index contributed by atoms with van der Waals surface area (Å²) in [6.45, 7) is 1.60. The van der Waals surface area contributed by atoms with Crippen molar-refractivity contribution in [2.75, 3.05) is 0 Å². The zero-order valence-electron chi connectivity index (χ0n) is 9.38. The van der Waals surface area contributed by atoms with Crippen LogP contribution in [0, 0.1) is 0 Å². The van der Waals surface area contributed by atoms with Crippen LogP contribution in [0.3, 0.4) is 0 Å². The number of hydrogen-bond acceptors (Lipinski definition) is 2. The van der Waals surface area contributed by atoms with E-state index in [-0.39, 0.29) is 5.78 Å². The van der Waals surface area contributed by atoms with E-state index in [0.29, 0.717) is 0 Å². The summed E-state index contributed by atoms with van der Waals surface area (Å²) >= 11 is 0. The molecule has 2 aromatic rings. The van der Waals surface area contributed by atoms with Crippen molar-refractivity contribution in [2.45, 2.75) is 6.92 Å². The fraction of sp³-hybridized carbons (Fsp3) is 0.0769. The summed E-state index contributed by atoms with van der Waals surface area (Å²) in [6, 6.07) is 13.7. The fourth-order valence-electron chi connectivity index (χ4n) is 1.53. The molecule has 3 N–H and O–H groups in total. The van der Waals surface area contributed by atoms with Gasteiger partial charge in [-0.3, -0.25) is 4.79 Å². The summed E-state index contributed by atoms with van der Waals surface area (Å²) in [5, 5.41) is 9.35. The number of primary amides is 1. The van der Waals surface area contributed by atoms with E-state index in [2.05, 4.69) is 5.73 Å². The number of carbonyl (C=O) groups excluding carboxylic acids is 1. The van der Waals surface area contributed by atoms with Gasteiger partial charge < -0.3 is 10.8 Å². The zero-order valence-corrected chi connectivity index (χ0v) is 9.38. The van der Waals surface area contributed by atoms with Crippen LogP contribution in [0.5, 0.6) is 0 Å². The van der Waals surface area contributed by atoms with E-state index in [1.54, 1.807) is 6.92 Å². The molecule has 0 aliphatic carbocycles. The number of rotatable bonds is 1. The van der Waals surface area contributed by atoms with Crippen LogP contribution in [0.25, 0.3) is 10.8 Å². The second-order valence-corrected chi connectivity index (χ2v) is 3.42. The molecule has 0 unspecified atom stereocenters. The normalized spacial score (nSPS) is 9.24. The lowest BCUT2D eigenvalue weighted by Gasteiger charge is -2.01. The Morgan fingerprint density at radius 2 is 1.59 bits per heavy atom. The van der Waals surface area contributed by atoms with Crippen molar-refractivity contribution in [3.05, 3.63) is 48.0 Å². The van der Waals surface area contributed by atoms with E-state index in [1.807, 2.05) is 42.5 Å². The van der Waals surface area contributed by atoms with Gasteiger partial charge in [-0.25, -0.2) is 4.79 Å². The molecule has 2 aromatic carbocycles. The van der Waals surface area contributed by atoms with Gasteiger partial charge in [-0.2, -0.15) is 0 Å². The molecule has 0 atom stereocenters. The first kappa shape index (κ1) is 12.7. The van der Waals surface area contributed by atoms with Crippen LogP contribution in [0.1, 0.15) is 17.3 Å². The number of benzene rings is 2. The van der Waals surface area contributed by atoms with Gasteiger partial charge in [0.05, 0.1) is 0 Å². The highest BCUT2D eigenvalue weighted by Crippen LogP contribution is 2.18. The van der Waals surface area contributed by atoms with Gasteiger partial charge in [-0.1, -0.05) is 42.5 Å². The van der Waals surface area contributed by atoms with Crippen molar-refractivity contribution in [3.8, 4) is 0 Å². The molecule has 0 spiro atoms. The minimum Gasteiger partial charge on any atom is -0.465 e. The van der Waals surface area contributed by atoms with Crippen LogP contribution in [0.4, 0.5) is 4.79 Å². The number of nitrogens with two attached hydrogens (primary N) is 1. The summed E-state index contributed by atoms with van der Waals surface area (Å²) in [7, 11) is 0. The molecule has 0 bridgehead atoms. The van der Waals surface area contributed by atoms with E-state index < -0.39 is 6.09 Å². The van der Waals surface area contributed by atoms with Gasteiger partial charge >= 0.3 is 6.09 Å². The molecule has 1 amide bonds. The largest absolute Gasteiger partial charge is 0.465 e. The molecule has 17 heavy (non-hydrogen) atoms. The molecule has 0 saturated carbocycles. The van der Waals surface area contributed by atoms with Gasteiger partial charge in [0.15, 0.2) is 5.78 Å². The third kappa shape index (κ3) is 3.61. The lowest BCUT2D eigenvalue weighted by atomic mass is 10.0. The van der Waals surface area contributed by atoms with E-state index in [9.17, 15) is 4.79 Å². The summed E-state index contributed by atoms with van der Waals surface area (Å²) < 4.78 is 0. The first-order chi connectivity index (χ1) is 8.02. The Labute approximate surface area is 98.7 Å². The molecule has 4 heteroatoms. The highest BCUT2D eigenvalue weighted by molar-refractivity contribution is 6.06. The molecular formula is C13H13NO3. The maximum absolute atomic E-state index is 11.3. The predicted octanol–water partition coefficient (Wildman–Crippen LogP) is 2.67. The minimum atomic E-state index is -1.33.